The SMILES string of the molecule is C=CCOC(=O)C(C)N1C(=O)CC1SCc1ccccc1. The van der Waals surface area contributed by atoms with Crippen molar-refractivity contribution in [2.45, 2.75) is 30.5 Å². The molecule has 5 heteroatoms. The van der Waals surface area contributed by atoms with Crippen molar-refractivity contribution >= 4 is 23.6 Å². The summed E-state index contributed by atoms with van der Waals surface area (Å²) in [7, 11) is 0. The van der Waals surface area contributed by atoms with Gasteiger partial charge in [-0.25, -0.2) is 4.79 Å². The highest BCUT2D eigenvalue weighted by Gasteiger charge is 2.42. The molecule has 1 aliphatic heterocycles. The van der Waals surface area contributed by atoms with E-state index in [4.69, 9.17) is 4.74 Å². The van der Waals surface area contributed by atoms with Gasteiger partial charge >= 0.3 is 5.97 Å². The largest absolute Gasteiger partial charge is 0.460 e. The van der Waals surface area contributed by atoms with Crippen LogP contribution in [0.15, 0.2) is 43.0 Å². The van der Waals surface area contributed by atoms with Crippen LogP contribution < -0.4 is 0 Å². The third-order valence-corrected chi connectivity index (χ3v) is 4.61. The molecule has 0 N–H and O–H groups in total. The molecule has 112 valence electrons. The Labute approximate surface area is 129 Å². The zero-order chi connectivity index (χ0) is 15.2. The molecule has 0 spiro atoms. The zero-order valence-corrected chi connectivity index (χ0v) is 12.8. The van der Waals surface area contributed by atoms with E-state index < -0.39 is 6.04 Å². The molecule has 1 fully saturated rings. The molecule has 1 aliphatic rings. The molecule has 0 aliphatic carbocycles. The third-order valence-electron chi connectivity index (χ3n) is 3.33. The van der Waals surface area contributed by atoms with Crippen LogP contribution in [-0.4, -0.2) is 34.8 Å². The molecule has 2 atom stereocenters. The van der Waals surface area contributed by atoms with E-state index in [9.17, 15) is 9.59 Å². The van der Waals surface area contributed by atoms with Gasteiger partial charge in [-0.3, -0.25) is 4.79 Å². The Morgan fingerprint density at radius 1 is 1.52 bits per heavy atom. The maximum atomic E-state index is 11.8. The smallest absolute Gasteiger partial charge is 0.328 e. The molecular formula is C16H19NO3S. The highest BCUT2D eigenvalue weighted by Crippen LogP contribution is 2.33. The number of rotatable bonds is 7. The summed E-state index contributed by atoms with van der Waals surface area (Å²) >= 11 is 1.67. The van der Waals surface area contributed by atoms with Gasteiger partial charge in [0.1, 0.15) is 12.6 Å². The average Bonchev–Trinajstić information content (AvgIpc) is 2.49. The van der Waals surface area contributed by atoms with Crippen molar-refractivity contribution in [1.82, 2.24) is 4.90 Å². The van der Waals surface area contributed by atoms with Crippen molar-refractivity contribution in [2.75, 3.05) is 6.61 Å². The summed E-state index contributed by atoms with van der Waals surface area (Å²) in [4.78, 5) is 25.2. The molecule has 0 saturated carbocycles. The molecule has 2 rings (SSSR count). The summed E-state index contributed by atoms with van der Waals surface area (Å²) in [5, 5.41) is 0.0454. The van der Waals surface area contributed by atoms with Gasteiger partial charge in [0.05, 0.1) is 11.8 Å². The second-order valence-corrected chi connectivity index (χ2v) is 6.02. The Morgan fingerprint density at radius 3 is 2.86 bits per heavy atom. The van der Waals surface area contributed by atoms with Crippen LogP contribution in [0.1, 0.15) is 18.9 Å². The summed E-state index contributed by atoms with van der Waals surface area (Å²) in [6.45, 7) is 5.38. The van der Waals surface area contributed by atoms with Crippen LogP contribution in [0.4, 0.5) is 0 Å². The number of β-lactam (4-membered cyclic amide) rings is 1. The normalized spacial score (nSPS) is 18.8. The summed E-state index contributed by atoms with van der Waals surface area (Å²) < 4.78 is 5.01. The maximum Gasteiger partial charge on any atom is 0.328 e. The van der Waals surface area contributed by atoms with Crippen LogP contribution in [0.25, 0.3) is 0 Å². The second-order valence-electron chi connectivity index (χ2n) is 4.85. The minimum Gasteiger partial charge on any atom is -0.460 e. The van der Waals surface area contributed by atoms with E-state index in [0.717, 1.165) is 5.75 Å². The molecule has 2 unspecified atom stereocenters. The van der Waals surface area contributed by atoms with Gasteiger partial charge < -0.3 is 9.64 Å². The number of nitrogens with zero attached hydrogens (tertiary/aromatic N) is 1. The molecule has 1 amide bonds. The Hall–Kier alpha value is -1.75. The predicted octanol–water partition coefficient (Wildman–Crippen LogP) is 2.60. The van der Waals surface area contributed by atoms with Gasteiger partial charge in [0.25, 0.3) is 0 Å². The number of benzene rings is 1. The first-order valence-electron chi connectivity index (χ1n) is 6.87. The first kappa shape index (κ1) is 15.6. The van der Waals surface area contributed by atoms with E-state index >= 15 is 0 Å². The Morgan fingerprint density at radius 2 is 2.24 bits per heavy atom. The molecule has 4 nitrogen and oxygen atoms in total. The molecule has 1 saturated heterocycles. The average molecular weight is 305 g/mol. The van der Waals surface area contributed by atoms with E-state index in [1.54, 1.807) is 23.6 Å². The van der Waals surface area contributed by atoms with E-state index in [1.165, 1.54) is 11.6 Å². The summed E-state index contributed by atoms with van der Waals surface area (Å²) in [6, 6.07) is 9.54. The van der Waals surface area contributed by atoms with Gasteiger partial charge in [-0.15, -0.1) is 11.8 Å². The van der Waals surface area contributed by atoms with Gasteiger partial charge in [-0.05, 0) is 12.5 Å². The number of likely N-dealkylation sites (tertiary alicyclic amines) is 1. The monoisotopic (exact) mass is 305 g/mol. The molecule has 21 heavy (non-hydrogen) atoms. The van der Waals surface area contributed by atoms with E-state index in [0.29, 0.717) is 6.42 Å². The Bertz CT molecular complexity index is 518. The molecule has 0 aromatic heterocycles. The van der Waals surface area contributed by atoms with Crippen molar-refractivity contribution in [3.8, 4) is 0 Å². The lowest BCUT2D eigenvalue weighted by molar-refractivity contribution is -0.159. The van der Waals surface area contributed by atoms with Crippen molar-refractivity contribution in [1.29, 1.82) is 0 Å². The number of hydrogen-bond donors (Lipinski definition) is 0. The molecule has 1 heterocycles. The summed E-state index contributed by atoms with van der Waals surface area (Å²) in [5.41, 5.74) is 1.21. The Balaban J connectivity index is 1.88. The first-order chi connectivity index (χ1) is 10.1. The number of amides is 1. The molecule has 0 radical (unpaired) electrons. The molecule has 1 aromatic rings. The van der Waals surface area contributed by atoms with Crippen LogP contribution in [0.5, 0.6) is 0 Å². The van der Waals surface area contributed by atoms with Crippen molar-refractivity contribution < 1.29 is 14.3 Å². The lowest BCUT2D eigenvalue weighted by atomic mass is 10.1. The quantitative estimate of drug-likeness (QED) is 0.441. The van der Waals surface area contributed by atoms with Gasteiger partial charge in [0.2, 0.25) is 5.91 Å². The summed E-state index contributed by atoms with van der Waals surface area (Å²) in [5.74, 6) is 0.445. The molecule has 0 bridgehead atoms. The van der Waals surface area contributed by atoms with Gasteiger partial charge in [-0.1, -0.05) is 43.0 Å². The first-order valence-corrected chi connectivity index (χ1v) is 7.92. The van der Waals surface area contributed by atoms with Crippen molar-refractivity contribution in [3.63, 3.8) is 0 Å². The van der Waals surface area contributed by atoms with E-state index in [-0.39, 0.29) is 23.9 Å². The van der Waals surface area contributed by atoms with Crippen LogP contribution in [0.2, 0.25) is 0 Å². The number of esters is 1. The van der Waals surface area contributed by atoms with Crippen LogP contribution in [-0.2, 0) is 20.1 Å². The van der Waals surface area contributed by atoms with Gasteiger partial charge in [0.15, 0.2) is 0 Å². The number of carbonyl (C=O) groups excluding carboxylic acids is 2. The Kier molecular flexibility index (Phi) is 5.44. The highest BCUT2D eigenvalue weighted by molar-refractivity contribution is 7.99. The lowest BCUT2D eigenvalue weighted by Crippen LogP contribution is -2.57. The number of carbonyl (C=O) groups is 2. The van der Waals surface area contributed by atoms with Crippen molar-refractivity contribution in [3.05, 3.63) is 48.6 Å². The summed E-state index contributed by atoms with van der Waals surface area (Å²) in [6.07, 6.45) is 2.00. The zero-order valence-electron chi connectivity index (χ0n) is 12.0. The topological polar surface area (TPSA) is 46.6 Å². The molecule has 1 aromatic carbocycles. The lowest BCUT2D eigenvalue weighted by Gasteiger charge is -2.42. The minimum atomic E-state index is -0.542. The van der Waals surface area contributed by atoms with Gasteiger partial charge in [0, 0.05) is 5.75 Å². The molecular weight excluding hydrogens is 286 g/mol. The maximum absolute atomic E-state index is 11.8. The standard InChI is InChI=1S/C16H19NO3S/c1-3-9-20-16(19)12(2)17-14(18)10-15(17)21-11-13-7-5-4-6-8-13/h3-8,12,15H,1,9-11H2,2H3. The van der Waals surface area contributed by atoms with Crippen LogP contribution in [0, 0.1) is 0 Å². The van der Waals surface area contributed by atoms with Gasteiger partial charge in [-0.2, -0.15) is 0 Å². The number of thioether (sulfide) groups is 1. The number of ether oxygens (including phenoxy) is 1. The number of hydrogen-bond acceptors (Lipinski definition) is 4. The fourth-order valence-corrected chi connectivity index (χ4v) is 3.45. The highest BCUT2D eigenvalue weighted by atomic mass is 32.2. The predicted molar refractivity (Wildman–Crippen MR) is 83.6 cm³/mol. The van der Waals surface area contributed by atoms with Crippen molar-refractivity contribution in [2.24, 2.45) is 0 Å². The fraction of sp³-hybridized carbons (Fsp3) is 0.375. The van der Waals surface area contributed by atoms with Crippen LogP contribution in [0.3, 0.4) is 0 Å². The fourth-order valence-electron chi connectivity index (χ4n) is 2.15. The van der Waals surface area contributed by atoms with Crippen LogP contribution >= 0.6 is 11.8 Å². The minimum absolute atomic E-state index is 0.00335. The third kappa shape index (κ3) is 3.88. The van der Waals surface area contributed by atoms with E-state index in [2.05, 4.69) is 18.7 Å². The van der Waals surface area contributed by atoms with E-state index in [1.807, 2.05) is 18.2 Å². The second kappa shape index (κ2) is 7.31.